The molecule has 1 amide bonds. The predicted octanol–water partition coefficient (Wildman–Crippen LogP) is 4.46. The van der Waals surface area contributed by atoms with Crippen molar-refractivity contribution in [3.8, 4) is 0 Å². The van der Waals surface area contributed by atoms with Crippen LogP contribution in [0.5, 0.6) is 0 Å². The van der Waals surface area contributed by atoms with Gasteiger partial charge in [-0.05, 0) is 37.5 Å². The molecule has 0 bridgehead atoms. The van der Waals surface area contributed by atoms with Gasteiger partial charge >= 0.3 is 0 Å². The molecule has 0 radical (unpaired) electrons. The standard InChI is InChI=1S/C19H23NO/c1-5-17(16-9-7-6-8-10-16)19(21)20(4)18-12-11-14(2)13-15(18)3/h6-13,17H,5H2,1-4H3. The molecule has 0 aliphatic heterocycles. The second-order valence-corrected chi connectivity index (χ2v) is 5.56. The van der Waals surface area contributed by atoms with Crippen LogP contribution in [-0.2, 0) is 4.79 Å². The van der Waals surface area contributed by atoms with Crippen LogP contribution >= 0.6 is 0 Å². The van der Waals surface area contributed by atoms with E-state index in [1.165, 1.54) is 5.56 Å². The third-order valence-electron chi connectivity index (χ3n) is 3.95. The highest BCUT2D eigenvalue weighted by molar-refractivity contribution is 5.98. The molecule has 2 nitrogen and oxygen atoms in total. The van der Waals surface area contributed by atoms with Gasteiger partial charge in [-0.3, -0.25) is 4.79 Å². The number of benzene rings is 2. The van der Waals surface area contributed by atoms with E-state index in [0.717, 1.165) is 23.2 Å². The molecular formula is C19H23NO. The first-order valence-corrected chi connectivity index (χ1v) is 7.44. The highest BCUT2D eigenvalue weighted by Gasteiger charge is 2.23. The van der Waals surface area contributed by atoms with Gasteiger partial charge in [0.2, 0.25) is 5.91 Å². The predicted molar refractivity (Wildman–Crippen MR) is 88.8 cm³/mol. The second-order valence-electron chi connectivity index (χ2n) is 5.56. The minimum absolute atomic E-state index is 0.0862. The summed E-state index contributed by atoms with van der Waals surface area (Å²) in [5.74, 6) is 0.0626. The van der Waals surface area contributed by atoms with Crippen molar-refractivity contribution in [2.75, 3.05) is 11.9 Å². The molecule has 2 aromatic rings. The molecule has 0 aliphatic rings. The summed E-state index contributed by atoms with van der Waals surface area (Å²) in [6.07, 6.45) is 0.804. The number of anilines is 1. The Morgan fingerprint density at radius 3 is 2.33 bits per heavy atom. The van der Waals surface area contributed by atoms with Gasteiger partial charge in [-0.15, -0.1) is 0 Å². The first-order chi connectivity index (χ1) is 10.0. The number of carbonyl (C=O) groups is 1. The van der Waals surface area contributed by atoms with Crippen molar-refractivity contribution < 1.29 is 4.79 Å². The Morgan fingerprint density at radius 1 is 1.10 bits per heavy atom. The summed E-state index contributed by atoms with van der Waals surface area (Å²) in [4.78, 5) is 14.6. The van der Waals surface area contributed by atoms with Crippen molar-refractivity contribution >= 4 is 11.6 Å². The lowest BCUT2D eigenvalue weighted by molar-refractivity contribution is -0.119. The molecule has 0 saturated carbocycles. The molecule has 2 heteroatoms. The molecule has 110 valence electrons. The lowest BCUT2D eigenvalue weighted by Crippen LogP contribution is -2.32. The Bertz CT molecular complexity index is 619. The first kappa shape index (κ1) is 15.3. The van der Waals surface area contributed by atoms with Gasteiger partial charge in [0, 0.05) is 12.7 Å². The van der Waals surface area contributed by atoms with Crippen LogP contribution < -0.4 is 4.90 Å². The topological polar surface area (TPSA) is 20.3 Å². The number of amides is 1. The molecule has 0 spiro atoms. The summed E-state index contributed by atoms with van der Waals surface area (Å²) >= 11 is 0. The minimum atomic E-state index is -0.0862. The van der Waals surface area contributed by atoms with Gasteiger partial charge in [0.15, 0.2) is 0 Å². The van der Waals surface area contributed by atoms with Gasteiger partial charge in [-0.25, -0.2) is 0 Å². The molecule has 0 aliphatic carbocycles. The van der Waals surface area contributed by atoms with E-state index in [2.05, 4.69) is 32.9 Å². The molecule has 2 aromatic carbocycles. The number of carbonyl (C=O) groups excluding carboxylic acids is 1. The van der Waals surface area contributed by atoms with Gasteiger partial charge in [-0.1, -0.05) is 55.0 Å². The lowest BCUT2D eigenvalue weighted by Gasteiger charge is -2.25. The molecule has 1 atom stereocenters. The van der Waals surface area contributed by atoms with Crippen LogP contribution in [0.15, 0.2) is 48.5 Å². The van der Waals surface area contributed by atoms with Crippen molar-refractivity contribution in [3.05, 3.63) is 65.2 Å². The van der Waals surface area contributed by atoms with E-state index < -0.39 is 0 Å². The van der Waals surface area contributed by atoms with Gasteiger partial charge < -0.3 is 4.90 Å². The summed E-state index contributed by atoms with van der Waals surface area (Å²) in [6.45, 7) is 6.18. The lowest BCUT2D eigenvalue weighted by atomic mass is 9.94. The quantitative estimate of drug-likeness (QED) is 0.810. The number of hydrogen-bond donors (Lipinski definition) is 0. The fourth-order valence-electron chi connectivity index (χ4n) is 2.77. The van der Waals surface area contributed by atoms with E-state index in [9.17, 15) is 4.79 Å². The van der Waals surface area contributed by atoms with E-state index in [1.807, 2.05) is 43.4 Å². The summed E-state index contributed by atoms with van der Waals surface area (Å²) in [5.41, 5.74) is 4.42. The average molecular weight is 281 g/mol. The summed E-state index contributed by atoms with van der Waals surface area (Å²) in [5, 5.41) is 0. The zero-order chi connectivity index (χ0) is 15.4. The van der Waals surface area contributed by atoms with Crippen LogP contribution in [0, 0.1) is 13.8 Å². The Morgan fingerprint density at radius 2 is 1.76 bits per heavy atom. The highest BCUT2D eigenvalue weighted by Crippen LogP contribution is 2.26. The fourth-order valence-corrected chi connectivity index (χ4v) is 2.77. The number of nitrogens with zero attached hydrogens (tertiary/aromatic N) is 1. The molecule has 0 aromatic heterocycles. The molecule has 0 N–H and O–H groups in total. The Hall–Kier alpha value is -2.09. The molecule has 0 saturated heterocycles. The van der Waals surface area contributed by atoms with Crippen LogP contribution in [0.1, 0.15) is 36.0 Å². The zero-order valence-corrected chi connectivity index (χ0v) is 13.3. The van der Waals surface area contributed by atoms with Crippen LogP contribution in [0.4, 0.5) is 5.69 Å². The number of hydrogen-bond acceptors (Lipinski definition) is 1. The van der Waals surface area contributed by atoms with Gasteiger partial charge in [-0.2, -0.15) is 0 Å². The SMILES string of the molecule is CCC(C(=O)N(C)c1ccc(C)cc1C)c1ccccc1. The van der Waals surface area contributed by atoms with Crippen LogP contribution in [0.2, 0.25) is 0 Å². The summed E-state index contributed by atoms with van der Waals surface area (Å²) in [6, 6.07) is 16.2. The zero-order valence-electron chi connectivity index (χ0n) is 13.3. The van der Waals surface area contributed by atoms with Crippen LogP contribution in [-0.4, -0.2) is 13.0 Å². The molecule has 1 unspecified atom stereocenters. The Labute approximate surface area is 127 Å². The maximum atomic E-state index is 12.8. The monoisotopic (exact) mass is 281 g/mol. The molecule has 0 heterocycles. The van der Waals surface area contributed by atoms with E-state index in [1.54, 1.807) is 4.90 Å². The van der Waals surface area contributed by atoms with E-state index >= 15 is 0 Å². The van der Waals surface area contributed by atoms with Crippen molar-refractivity contribution in [2.24, 2.45) is 0 Å². The maximum Gasteiger partial charge on any atom is 0.234 e. The van der Waals surface area contributed by atoms with Crippen molar-refractivity contribution in [1.82, 2.24) is 0 Å². The molecular weight excluding hydrogens is 258 g/mol. The van der Waals surface area contributed by atoms with E-state index in [4.69, 9.17) is 0 Å². The number of aryl methyl sites for hydroxylation is 2. The van der Waals surface area contributed by atoms with Gasteiger partial charge in [0.05, 0.1) is 5.92 Å². The fraction of sp³-hybridized carbons (Fsp3) is 0.316. The van der Waals surface area contributed by atoms with Crippen molar-refractivity contribution in [1.29, 1.82) is 0 Å². The Kier molecular flexibility index (Phi) is 4.79. The normalized spacial score (nSPS) is 12.0. The summed E-state index contributed by atoms with van der Waals surface area (Å²) < 4.78 is 0. The van der Waals surface area contributed by atoms with Crippen molar-refractivity contribution in [3.63, 3.8) is 0 Å². The third kappa shape index (κ3) is 3.33. The minimum Gasteiger partial charge on any atom is -0.315 e. The maximum absolute atomic E-state index is 12.8. The van der Waals surface area contributed by atoms with E-state index in [-0.39, 0.29) is 11.8 Å². The highest BCUT2D eigenvalue weighted by atomic mass is 16.2. The smallest absolute Gasteiger partial charge is 0.234 e. The van der Waals surface area contributed by atoms with E-state index in [0.29, 0.717) is 0 Å². The third-order valence-corrected chi connectivity index (χ3v) is 3.95. The molecule has 21 heavy (non-hydrogen) atoms. The number of likely N-dealkylation sites (N-methyl/N-ethyl adjacent to an activating group) is 1. The van der Waals surface area contributed by atoms with Gasteiger partial charge in [0.1, 0.15) is 0 Å². The summed E-state index contributed by atoms with van der Waals surface area (Å²) in [7, 11) is 1.87. The molecule has 2 rings (SSSR count). The van der Waals surface area contributed by atoms with Crippen LogP contribution in [0.25, 0.3) is 0 Å². The van der Waals surface area contributed by atoms with Gasteiger partial charge in [0.25, 0.3) is 0 Å². The molecule has 0 fully saturated rings. The first-order valence-electron chi connectivity index (χ1n) is 7.44. The Balaban J connectivity index is 2.29. The van der Waals surface area contributed by atoms with Crippen LogP contribution in [0.3, 0.4) is 0 Å². The average Bonchev–Trinajstić information content (AvgIpc) is 2.48. The number of rotatable bonds is 4. The van der Waals surface area contributed by atoms with Crippen molar-refractivity contribution in [2.45, 2.75) is 33.1 Å². The second kappa shape index (κ2) is 6.57. The largest absolute Gasteiger partial charge is 0.315 e.